The smallest absolute Gasteiger partial charge is 0.132 e. The third-order valence-corrected chi connectivity index (χ3v) is 4.77. The van der Waals surface area contributed by atoms with Crippen LogP contribution in [0.1, 0.15) is 31.3 Å². The van der Waals surface area contributed by atoms with E-state index >= 15 is 0 Å². The molecule has 2 aromatic heterocycles. The number of nitrogens with zero attached hydrogens (tertiary/aromatic N) is 5. The van der Waals surface area contributed by atoms with Crippen LogP contribution in [0.2, 0.25) is 0 Å². The molecule has 1 aliphatic heterocycles. The van der Waals surface area contributed by atoms with Crippen molar-refractivity contribution in [3.63, 3.8) is 0 Å². The molecule has 4 rings (SSSR count). The van der Waals surface area contributed by atoms with Crippen molar-refractivity contribution >= 4 is 16.9 Å². The second kappa shape index (κ2) is 6.80. The van der Waals surface area contributed by atoms with E-state index in [1.165, 1.54) is 0 Å². The number of piperazine rings is 1. The molecule has 0 unspecified atom stereocenters. The van der Waals surface area contributed by atoms with Crippen molar-refractivity contribution in [2.75, 3.05) is 31.1 Å². The fourth-order valence-corrected chi connectivity index (χ4v) is 3.28. The lowest BCUT2D eigenvalue weighted by molar-refractivity contribution is 0.244. The van der Waals surface area contributed by atoms with Gasteiger partial charge in [0.25, 0.3) is 0 Å². The highest BCUT2D eigenvalue weighted by atomic mass is 15.3. The number of nitrogens with one attached hydrogen (secondary N) is 1. The Morgan fingerprint density at radius 2 is 1.88 bits per heavy atom. The van der Waals surface area contributed by atoms with Gasteiger partial charge in [-0.25, -0.2) is 15.0 Å². The lowest BCUT2D eigenvalue weighted by atomic mass is 10.1. The zero-order valence-electron chi connectivity index (χ0n) is 14.8. The van der Waals surface area contributed by atoms with Crippen LogP contribution in [0.3, 0.4) is 0 Å². The number of rotatable bonds is 4. The second-order valence-electron chi connectivity index (χ2n) is 6.92. The molecule has 0 aliphatic carbocycles. The van der Waals surface area contributed by atoms with Crippen molar-refractivity contribution in [3.05, 3.63) is 48.2 Å². The van der Waals surface area contributed by atoms with Gasteiger partial charge >= 0.3 is 0 Å². The highest BCUT2D eigenvalue weighted by Crippen LogP contribution is 2.19. The van der Waals surface area contributed by atoms with E-state index in [1.807, 2.05) is 12.1 Å². The highest BCUT2D eigenvalue weighted by Gasteiger charge is 2.19. The van der Waals surface area contributed by atoms with Gasteiger partial charge in [0.15, 0.2) is 0 Å². The van der Waals surface area contributed by atoms with Crippen LogP contribution in [-0.2, 0) is 6.54 Å². The van der Waals surface area contributed by atoms with Gasteiger partial charge in [0.05, 0.1) is 17.6 Å². The molecule has 3 aromatic rings. The van der Waals surface area contributed by atoms with Crippen molar-refractivity contribution < 1.29 is 0 Å². The molecular weight excluding hydrogens is 312 g/mol. The molecule has 6 nitrogen and oxygen atoms in total. The number of aromatic nitrogens is 4. The van der Waals surface area contributed by atoms with Gasteiger partial charge < -0.3 is 9.88 Å². The number of anilines is 1. The Hall–Kier alpha value is -2.47. The van der Waals surface area contributed by atoms with Crippen molar-refractivity contribution in [3.8, 4) is 0 Å². The number of imidazole rings is 1. The van der Waals surface area contributed by atoms with Gasteiger partial charge in [-0.05, 0) is 18.1 Å². The fraction of sp³-hybridized carbons (Fsp3) is 0.421. The molecule has 1 fully saturated rings. The molecule has 0 amide bonds. The van der Waals surface area contributed by atoms with Crippen molar-refractivity contribution in [2.45, 2.75) is 26.3 Å². The molecule has 130 valence electrons. The predicted octanol–water partition coefficient (Wildman–Crippen LogP) is 2.80. The third kappa shape index (κ3) is 3.49. The van der Waals surface area contributed by atoms with Crippen LogP contribution in [0, 0.1) is 0 Å². The van der Waals surface area contributed by atoms with Gasteiger partial charge in [-0.3, -0.25) is 4.90 Å². The van der Waals surface area contributed by atoms with Crippen molar-refractivity contribution in [2.24, 2.45) is 0 Å². The first-order valence-corrected chi connectivity index (χ1v) is 8.92. The minimum absolute atomic E-state index is 0.427. The highest BCUT2D eigenvalue weighted by molar-refractivity contribution is 5.74. The molecule has 1 N–H and O–H groups in total. The van der Waals surface area contributed by atoms with Crippen LogP contribution in [0.25, 0.3) is 11.0 Å². The van der Waals surface area contributed by atoms with E-state index in [-0.39, 0.29) is 0 Å². The molecule has 25 heavy (non-hydrogen) atoms. The number of hydrogen-bond donors (Lipinski definition) is 1. The summed E-state index contributed by atoms with van der Waals surface area (Å²) in [6.45, 7) is 9.18. The van der Waals surface area contributed by atoms with Crippen LogP contribution < -0.4 is 4.90 Å². The summed E-state index contributed by atoms with van der Waals surface area (Å²) in [4.78, 5) is 21.7. The molecule has 0 bridgehead atoms. The minimum Gasteiger partial charge on any atom is -0.354 e. The Balaban J connectivity index is 1.39. The number of H-pyrrole nitrogens is 1. The van der Waals surface area contributed by atoms with Gasteiger partial charge in [-0.15, -0.1) is 0 Å². The van der Waals surface area contributed by atoms with Crippen LogP contribution in [0.15, 0.2) is 36.7 Å². The standard InChI is InChI=1S/C19H24N6/c1-14(2)17-11-19(21-13-20-17)25-9-7-24(8-10-25)12-18-22-15-5-3-4-6-16(15)23-18/h3-6,11,13-14H,7-10,12H2,1-2H3,(H,22,23). The maximum atomic E-state index is 4.68. The normalized spacial score (nSPS) is 16.0. The molecule has 0 saturated carbocycles. The molecule has 1 aliphatic rings. The maximum absolute atomic E-state index is 4.68. The molecule has 6 heteroatoms. The van der Waals surface area contributed by atoms with Crippen LogP contribution in [0.4, 0.5) is 5.82 Å². The number of benzene rings is 1. The average Bonchev–Trinajstić information content (AvgIpc) is 3.04. The molecule has 0 radical (unpaired) electrons. The number of fused-ring (bicyclic) bond motifs is 1. The van der Waals surface area contributed by atoms with E-state index in [4.69, 9.17) is 0 Å². The first-order chi connectivity index (χ1) is 12.2. The number of hydrogen-bond acceptors (Lipinski definition) is 5. The SMILES string of the molecule is CC(C)c1cc(N2CCN(Cc3nc4ccccc4[nH]3)CC2)ncn1. The molecular formula is C19H24N6. The lowest BCUT2D eigenvalue weighted by Gasteiger charge is -2.35. The molecule has 0 atom stereocenters. The van der Waals surface area contributed by atoms with Crippen molar-refractivity contribution in [1.82, 2.24) is 24.8 Å². The first-order valence-electron chi connectivity index (χ1n) is 8.92. The Morgan fingerprint density at radius 3 is 2.64 bits per heavy atom. The van der Waals surface area contributed by atoms with Crippen LogP contribution >= 0.6 is 0 Å². The zero-order valence-corrected chi connectivity index (χ0v) is 14.8. The third-order valence-electron chi connectivity index (χ3n) is 4.77. The number of para-hydroxylation sites is 2. The van der Waals surface area contributed by atoms with Crippen LogP contribution in [0.5, 0.6) is 0 Å². The Bertz CT molecular complexity index is 815. The van der Waals surface area contributed by atoms with Gasteiger partial charge in [0.2, 0.25) is 0 Å². The zero-order chi connectivity index (χ0) is 17.2. The van der Waals surface area contributed by atoms with Crippen molar-refractivity contribution in [1.29, 1.82) is 0 Å². The summed E-state index contributed by atoms with van der Waals surface area (Å²) in [6, 6.07) is 10.3. The summed E-state index contributed by atoms with van der Waals surface area (Å²) < 4.78 is 0. The Morgan fingerprint density at radius 1 is 1.08 bits per heavy atom. The van der Waals surface area contributed by atoms with E-state index in [0.717, 1.165) is 61.1 Å². The minimum atomic E-state index is 0.427. The van der Waals surface area contributed by atoms with Gasteiger partial charge in [0, 0.05) is 37.9 Å². The summed E-state index contributed by atoms with van der Waals surface area (Å²) in [5.74, 6) is 2.51. The first kappa shape index (κ1) is 16.0. The van der Waals surface area contributed by atoms with E-state index in [9.17, 15) is 0 Å². The van der Waals surface area contributed by atoms with Gasteiger partial charge in [-0.2, -0.15) is 0 Å². The summed E-state index contributed by atoms with van der Waals surface area (Å²) in [5.41, 5.74) is 3.26. The molecule has 0 spiro atoms. The van der Waals surface area contributed by atoms with E-state index in [1.54, 1.807) is 6.33 Å². The second-order valence-corrected chi connectivity index (χ2v) is 6.92. The maximum Gasteiger partial charge on any atom is 0.132 e. The fourth-order valence-electron chi connectivity index (χ4n) is 3.28. The van der Waals surface area contributed by atoms with Crippen LogP contribution in [-0.4, -0.2) is 51.0 Å². The quantitative estimate of drug-likeness (QED) is 0.794. The monoisotopic (exact) mass is 336 g/mol. The topological polar surface area (TPSA) is 60.9 Å². The van der Waals surface area contributed by atoms with E-state index in [0.29, 0.717) is 5.92 Å². The molecule has 1 saturated heterocycles. The summed E-state index contributed by atoms with van der Waals surface area (Å²) >= 11 is 0. The van der Waals surface area contributed by atoms with E-state index < -0.39 is 0 Å². The molecule has 1 aromatic carbocycles. The number of aromatic amines is 1. The lowest BCUT2D eigenvalue weighted by Crippen LogP contribution is -2.46. The van der Waals surface area contributed by atoms with Gasteiger partial charge in [0.1, 0.15) is 18.0 Å². The van der Waals surface area contributed by atoms with Gasteiger partial charge in [-0.1, -0.05) is 26.0 Å². The predicted molar refractivity (Wildman–Crippen MR) is 99.7 cm³/mol. The summed E-state index contributed by atoms with van der Waals surface area (Å²) in [5, 5.41) is 0. The molecule has 3 heterocycles. The average molecular weight is 336 g/mol. The summed E-state index contributed by atoms with van der Waals surface area (Å²) in [7, 11) is 0. The Labute approximate surface area is 147 Å². The summed E-state index contributed by atoms with van der Waals surface area (Å²) in [6.07, 6.45) is 1.69. The Kier molecular flexibility index (Phi) is 4.36. The largest absolute Gasteiger partial charge is 0.354 e. The van der Waals surface area contributed by atoms with E-state index in [2.05, 4.69) is 61.8 Å².